The van der Waals surface area contributed by atoms with E-state index in [2.05, 4.69) is 24.4 Å². The van der Waals surface area contributed by atoms with Gasteiger partial charge in [-0.2, -0.15) is 0 Å². The van der Waals surface area contributed by atoms with Crippen LogP contribution in [-0.2, 0) is 4.79 Å². The van der Waals surface area contributed by atoms with Crippen LogP contribution < -0.4 is 5.32 Å². The first-order valence-corrected chi connectivity index (χ1v) is 9.68. The van der Waals surface area contributed by atoms with Gasteiger partial charge in [0.15, 0.2) is 5.78 Å². The lowest BCUT2D eigenvalue weighted by Gasteiger charge is -2.14. The van der Waals surface area contributed by atoms with Crippen molar-refractivity contribution < 1.29 is 9.59 Å². The van der Waals surface area contributed by atoms with Gasteiger partial charge in [-0.25, -0.2) is 4.98 Å². The van der Waals surface area contributed by atoms with Gasteiger partial charge < -0.3 is 5.32 Å². The summed E-state index contributed by atoms with van der Waals surface area (Å²) in [5.74, 6) is -0.0920. The number of rotatable bonds is 5. The van der Waals surface area contributed by atoms with Crippen LogP contribution >= 0.6 is 11.8 Å². The number of hydrogen-bond donors (Lipinski definition) is 1. The molecular formula is C22H22N2O2S. The topological polar surface area (TPSA) is 59.1 Å². The van der Waals surface area contributed by atoms with Crippen LogP contribution in [-0.4, -0.2) is 21.9 Å². The minimum absolute atomic E-state index is 0.00449. The number of pyridine rings is 1. The Hall–Kier alpha value is -2.66. The van der Waals surface area contributed by atoms with Gasteiger partial charge in [-0.1, -0.05) is 23.4 Å². The van der Waals surface area contributed by atoms with Crippen molar-refractivity contribution in [2.24, 2.45) is 0 Å². The molecule has 138 valence electrons. The first kappa shape index (κ1) is 19.1. The van der Waals surface area contributed by atoms with Crippen molar-refractivity contribution in [2.75, 3.05) is 5.32 Å². The molecule has 1 heterocycles. The van der Waals surface area contributed by atoms with Crippen molar-refractivity contribution in [1.82, 2.24) is 4.98 Å². The molecule has 4 nitrogen and oxygen atoms in total. The maximum Gasteiger partial charge on any atom is 0.237 e. The number of aromatic nitrogens is 1. The lowest BCUT2D eigenvalue weighted by molar-refractivity contribution is -0.115. The number of carbonyl (C=O) groups is 2. The number of carbonyl (C=O) groups excluding carboxylic acids is 2. The molecule has 1 unspecified atom stereocenters. The van der Waals surface area contributed by atoms with E-state index < -0.39 is 0 Å². The Morgan fingerprint density at radius 3 is 2.41 bits per heavy atom. The van der Waals surface area contributed by atoms with E-state index in [4.69, 9.17) is 4.98 Å². The van der Waals surface area contributed by atoms with Crippen molar-refractivity contribution >= 4 is 40.0 Å². The van der Waals surface area contributed by atoms with Gasteiger partial charge >= 0.3 is 0 Å². The first-order valence-electron chi connectivity index (χ1n) is 8.80. The Morgan fingerprint density at radius 1 is 1.04 bits per heavy atom. The van der Waals surface area contributed by atoms with Crippen molar-refractivity contribution in [3.8, 4) is 0 Å². The van der Waals surface area contributed by atoms with E-state index >= 15 is 0 Å². The first-order chi connectivity index (χ1) is 12.8. The van der Waals surface area contributed by atoms with Crippen molar-refractivity contribution in [2.45, 2.75) is 38.0 Å². The van der Waals surface area contributed by atoms with E-state index in [1.165, 1.54) is 24.2 Å². The van der Waals surface area contributed by atoms with Crippen LogP contribution in [0.4, 0.5) is 5.69 Å². The molecule has 2 aromatic carbocycles. The largest absolute Gasteiger partial charge is 0.325 e. The lowest BCUT2D eigenvalue weighted by Crippen LogP contribution is -2.22. The number of nitrogens with one attached hydrogen (secondary N) is 1. The maximum atomic E-state index is 12.5. The Morgan fingerprint density at radius 2 is 1.74 bits per heavy atom. The minimum atomic E-state index is -0.299. The zero-order chi connectivity index (χ0) is 19.6. The summed E-state index contributed by atoms with van der Waals surface area (Å²) in [5.41, 5.74) is 4.50. The molecule has 0 radical (unpaired) electrons. The van der Waals surface area contributed by atoms with Crippen LogP contribution in [0.15, 0.2) is 53.6 Å². The molecule has 0 spiro atoms. The number of anilines is 1. The zero-order valence-corrected chi connectivity index (χ0v) is 16.7. The molecule has 5 heteroatoms. The second kappa shape index (κ2) is 7.92. The summed E-state index contributed by atoms with van der Waals surface area (Å²) < 4.78 is 0. The molecule has 27 heavy (non-hydrogen) atoms. The summed E-state index contributed by atoms with van der Waals surface area (Å²) in [4.78, 5) is 28.6. The molecular weight excluding hydrogens is 356 g/mol. The summed E-state index contributed by atoms with van der Waals surface area (Å²) in [7, 11) is 0. The third-order valence-electron chi connectivity index (χ3n) is 4.33. The van der Waals surface area contributed by atoms with E-state index in [9.17, 15) is 9.59 Å². The van der Waals surface area contributed by atoms with Gasteiger partial charge in [0.25, 0.3) is 0 Å². The van der Waals surface area contributed by atoms with Crippen LogP contribution in [0.1, 0.15) is 35.3 Å². The second-order valence-electron chi connectivity index (χ2n) is 6.69. The second-order valence-corrected chi connectivity index (χ2v) is 8.02. The van der Waals surface area contributed by atoms with Gasteiger partial charge in [0, 0.05) is 16.6 Å². The summed E-state index contributed by atoms with van der Waals surface area (Å²) >= 11 is 1.45. The number of fused-ring (bicyclic) bond motifs is 1. The van der Waals surface area contributed by atoms with E-state index in [0.29, 0.717) is 11.3 Å². The molecule has 0 bridgehead atoms. The molecule has 1 N–H and O–H groups in total. The third-order valence-corrected chi connectivity index (χ3v) is 5.54. The van der Waals surface area contributed by atoms with Gasteiger partial charge in [-0.05, 0) is 75.7 Å². The lowest BCUT2D eigenvalue weighted by atomic mass is 10.1. The Bertz CT molecular complexity index is 1010. The van der Waals surface area contributed by atoms with E-state index in [1.807, 2.05) is 26.0 Å². The molecule has 0 saturated heterocycles. The number of benzene rings is 2. The molecule has 1 amide bonds. The SMILES string of the molecule is CC(=O)c1ccc(NC(=O)C(C)Sc2nc3ccc(C)cc3cc2C)cc1. The van der Waals surface area contributed by atoms with E-state index in [-0.39, 0.29) is 16.9 Å². The summed E-state index contributed by atoms with van der Waals surface area (Å²) in [5, 5.41) is 4.57. The highest BCUT2D eigenvalue weighted by molar-refractivity contribution is 8.00. The Balaban J connectivity index is 1.72. The number of nitrogens with zero attached hydrogens (tertiary/aromatic N) is 1. The third kappa shape index (κ3) is 4.55. The summed E-state index contributed by atoms with van der Waals surface area (Å²) in [6.07, 6.45) is 0. The number of hydrogen-bond acceptors (Lipinski definition) is 4. The highest BCUT2D eigenvalue weighted by atomic mass is 32.2. The molecule has 3 aromatic rings. The van der Waals surface area contributed by atoms with Crippen LogP contribution in [0.3, 0.4) is 0 Å². The quantitative estimate of drug-likeness (QED) is 0.491. The zero-order valence-electron chi connectivity index (χ0n) is 15.9. The van der Waals surface area contributed by atoms with Crippen LogP contribution in [0.25, 0.3) is 10.9 Å². The average molecular weight is 378 g/mol. The van der Waals surface area contributed by atoms with Crippen LogP contribution in [0.5, 0.6) is 0 Å². The Labute approximate surface area is 163 Å². The van der Waals surface area contributed by atoms with Crippen LogP contribution in [0, 0.1) is 13.8 Å². The molecule has 0 aliphatic carbocycles. The molecule has 0 fully saturated rings. The minimum Gasteiger partial charge on any atom is -0.325 e. The predicted molar refractivity (Wildman–Crippen MR) is 112 cm³/mol. The summed E-state index contributed by atoms with van der Waals surface area (Å²) in [6, 6.07) is 15.2. The average Bonchev–Trinajstić information content (AvgIpc) is 2.62. The fourth-order valence-corrected chi connectivity index (χ4v) is 3.65. The van der Waals surface area contributed by atoms with Crippen molar-refractivity contribution in [1.29, 1.82) is 0 Å². The monoisotopic (exact) mass is 378 g/mol. The number of aryl methyl sites for hydroxylation is 2. The fourth-order valence-electron chi connectivity index (χ4n) is 2.76. The highest BCUT2D eigenvalue weighted by Gasteiger charge is 2.17. The molecule has 1 atom stereocenters. The van der Waals surface area contributed by atoms with Gasteiger partial charge in [0.2, 0.25) is 5.91 Å². The number of Topliss-reactive ketones (excluding diaryl/α,β-unsaturated/α-hetero) is 1. The molecule has 0 saturated carbocycles. The predicted octanol–water partition coefficient (Wildman–Crippen LogP) is 5.17. The van der Waals surface area contributed by atoms with Gasteiger partial charge in [-0.15, -0.1) is 0 Å². The Kier molecular flexibility index (Phi) is 5.61. The molecule has 1 aromatic heterocycles. The number of ketones is 1. The molecule has 3 rings (SSSR count). The van der Waals surface area contributed by atoms with Gasteiger partial charge in [0.1, 0.15) is 5.03 Å². The van der Waals surface area contributed by atoms with Gasteiger partial charge in [0.05, 0.1) is 10.8 Å². The van der Waals surface area contributed by atoms with E-state index in [1.54, 1.807) is 24.3 Å². The molecule has 0 aliphatic rings. The van der Waals surface area contributed by atoms with Crippen molar-refractivity contribution in [3.05, 3.63) is 65.2 Å². The van der Waals surface area contributed by atoms with Crippen LogP contribution in [0.2, 0.25) is 0 Å². The number of thioether (sulfide) groups is 1. The standard InChI is InChI=1S/C22H22N2O2S/c1-13-5-10-20-18(11-13)12-14(2)22(24-20)27-16(4)21(26)23-19-8-6-17(7-9-19)15(3)25/h5-12,16H,1-4H3,(H,23,26). The number of amides is 1. The fraction of sp³-hybridized carbons (Fsp3) is 0.227. The molecule has 0 aliphatic heterocycles. The summed E-state index contributed by atoms with van der Waals surface area (Å²) in [6.45, 7) is 7.46. The highest BCUT2D eigenvalue weighted by Crippen LogP contribution is 2.28. The normalized spacial score (nSPS) is 12.0. The van der Waals surface area contributed by atoms with Crippen molar-refractivity contribution in [3.63, 3.8) is 0 Å². The van der Waals surface area contributed by atoms with Gasteiger partial charge in [-0.3, -0.25) is 9.59 Å². The maximum absolute atomic E-state index is 12.5. The smallest absolute Gasteiger partial charge is 0.237 e. The van der Waals surface area contributed by atoms with E-state index in [0.717, 1.165) is 21.5 Å².